The Bertz CT molecular complexity index is 557. The number of nitrogens with one attached hydrogen (secondary N) is 1. The number of nitro benzene ring substituents is 1. The van der Waals surface area contributed by atoms with Crippen LogP contribution < -0.4 is 11.3 Å². The first kappa shape index (κ1) is 13.9. The third-order valence-corrected chi connectivity index (χ3v) is 3.14. The van der Waals surface area contributed by atoms with Crippen LogP contribution in [-0.2, 0) is 16.1 Å². The maximum absolute atomic E-state index is 11.7. The van der Waals surface area contributed by atoms with Crippen molar-refractivity contribution >= 4 is 23.2 Å². The van der Waals surface area contributed by atoms with Gasteiger partial charge < -0.3 is 5.43 Å². The fourth-order valence-corrected chi connectivity index (χ4v) is 2.12. The van der Waals surface area contributed by atoms with Crippen LogP contribution in [0.4, 0.5) is 11.4 Å². The molecule has 2 rings (SSSR count). The summed E-state index contributed by atoms with van der Waals surface area (Å²) in [5.41, 5.74) is 2.83. The highest BCUT2D eigenvalue weighted by Crippen LogP contribution is 2.26. The molecule has 0 radical (unpaired) electrons. The molecular weight excluding hydrogens is 264 g/mol. The van der Waals surface area contributed by atoms with Gasteiger partial charge in [0, 0.05) is 18.9 Å². The van der Waals surface area contributed by atoms with Crippen molar-refractivity contribution in [1.82, 2.24) is 4.90 Å². The van der Waals surface area contributed by atoms with Crippen LogP contribution in [0.1, 0.15) is 24.8 Å². The quantitative estimate of drug-likeness (QED) is 0.366. The van der Waals surface area contributed by atoms with E-state index in [0.717, 1.165) is 0 Å². The lowest BCUT2D eigenvalue weighted by molar-refractivity contribution is -0.384. The first-order valence-corrected chi connectivity index (χ1v) is 6.10. The average Bonchev–Trinajstić information content (AvgIpc) is 2.42. The van der Waals surface area contributed by atoms with E-state index in [0.29, 0.717) is 24.8 Å². The molecule has 0 saturated carbocycles. The summed E-state index contributed by atoms with van der Waals surface area (Å²) in [6.45, 7) is 0.102. The van der Waals surface area contributed by atoms with Gasteiger partial charge in [0.2, 0.25) is 11.8 Å². The predicted octanol–water partition coefficient (Wildman–Crippen LogP) is 0.919. The molecule has 0 atom stereocenters. The topological polar surface area (TPSA) is 119 Å². The Kier molecular flexibility index (Phi) is 3.94. The molecule has 106 valence electrons. The zero-order valence-electron chi connectivity index (χ0n) is 10.7. The van der Waals surface area contributed by atoms with Gasteiger partial charge in [-0.2, -0.15) is 0 Å². The van der Waals surface area contributed by atoms with Gasteiger partial charge in [0.15, 0.2) is 0 Å². The van der Waals surface area contributed by atoms with Gasteiger partial charge >= 0.3 is 0 Å². The van der Waals surface area contributed by atoms with Crippen LogP contribution in [0.25, 0.3) is 0 Å². The minimum absolute atomic E-state index is 0.102. The van der Waals surface area contributed by atoms with E-state index in [1.165, 1.54) is 23.1 Å². The van der Waals surface area contributed by atoms with Gasteiger partial charge in [-0.05, 0) is 18.1 Å². The molecule has 1 aliphatic rings. The average molecular weight is 278 g/mol. The molecule has 0 bridgehead atoms. The number of carbonyl (C=O) groups is 2. The van der Waals surface area contributed by atoms with Crippen molar-refractivity contribution in [3.05, 3.63) is 33.9 Å². The Morgan fingerprint density at radius 2 is 1.95 bits per heavy atom. The van der Waals surface area contributed by atoms with Gasteiger partial charge in [0.05, 0.1) is 11.5 Å². The highest BCUT2D eigenvalue weighted by molar-refractivity contribution is 5.97. The van der Waals surface area contributed by atoms with E-state index in [9.17, 15) is 19.7 Å². The summed E-state index contributed by atoms with van der Waals surface area (Å²) in [5.74, 6) is 4.80. The Balaban J connectivity index is 2.23. The molecular formula is C12H14N4O4. The third kappa shape index (κ3) is 2.75. The van der Waals surface area contributed by atoms with E-state index >= 15 is 0 Å². The van der Waals surface area contributed by atoms with Crippen molar-refractivity contribution in [1.29, 1.82) is 0 Å². The van der Waals surface area contributed by atoms with Crippen molar-refractivity contribution in [3.63, 3.8) is 0 Å². The molecule has 3 N–H and O–H groups in total. The highest BCUT2D eigenvalue weighted by atomic mass is 16.6. The van der Waals surface area contributed by atoms with Crippen molar-refractivity contribution < 1.29 is 14.5 Å². The lowest BCUT2D eigenvalue weighted by atomic mass is 10.1. The monoisotopic (exact) mass is 278 g/mol. The van der Waals surface area contributed by atoms with Crippen molar-refractivity contribution in [2.45, 2.75) is 25.8 Å². The maximum Gasteiger partial charge on any atom is 0.293 e. The number of rotatable bonds is 4. The van der Waals surface area contributed by atoms with Crippen LogP contribution in [0, 0.1) is 10.1 Å². The SMILES string of the molecule is NNc1cc(CN2C(=O)CCCC2=O)ccc1[N+](=O)[O-]. The van der Waals surface area contributed by atoms with E-state index in [2.05, 4.69) is 5.43 Å². The van der Waals surface area contributed by atoms with Gasteiger partial charge in [-0.15, -0.1) is 0 Å². The van der Waals surface area contributed by atoms with Crippen LogP contribution >= 0.6 is 0 Å². The second kappa shape index (κ2) is 5.66. The summed E-state index contributed by atoms with van der Waals surface area (Å²) in [4.78, 5) is 34.8. The summed E-state index contributed by atoms with van der Waals surface area (Å²) >= 11 is 0. The molecule has 8 nitrogen and oxygen atoms in total. The molecule has 0 unspecified atom stereocenters. The summed E-state index contributed by atoms with van der Waals surface area (Å²) in [7, 11) is 0. The van der Waals surface area contributed by atoms with Crippen molar-refractivity contribution in [2.75, 3.05) is 5.43 Å². The molecule has 1 aromatic rings. The molecule has 20 heavy (non-hydrogen) atoms. The molecule has 1 fully saturated rings. The lowest BCUT2D eigenvalue weighted by Gasteiger charge is -2.24. The summed E-state index contributed by atoms with van der Waals surface area (Å²) in [6, 6.07) is 4.27. The number of carbonyl (C=O) groups excluding carboxylic acids is 2. The van der Waals surface area contributed by atoms with E-state index in [1.54, 1.807) is 0 Å². The van der Waals surface area contributed by atoms with E-state index in [1.807, 2.05) is 0 Å². The summed E-state index contributed by atoms with van der Waals surface area (Å²) < 4.78 is 0. The Hall–Kier alpha value is -2.48. The number of hydrogen-bond donors (Lipinski definition) is 2. The molecule has 1 saturated heterocycles. The minimum Gasteiger partial charge on any atom is -0.318 e. The van der Waals surface area contributed by atoms with E-state index in [-0.39, 0.29) is 29.7 Å². The van der Waals surface area contributed by atoms with Gasteiger partial charge in [-0.3, -0.25) is 30.4 Å². The molecule has 0 aromatic heterocycles. The van der Waals surface area contributed by atoms with Crippen molar-refractivity contribution in [3.8, 4) is 0 Å². The first-order chi connectivity index (χ1) is 9.52. The molecule has 8 heteroatoms. The number of amides is 2. The number of anilines is 1. The molecule has 1 aromatic carbocycles. The van der Waals surface area contributed by atoms with E-state index < -0.39 is 4.92 Å². The number of nitrogens with zero attached hydrogens (tertiary/aromatic N) is 2. The molecule has 2 amide bonds. The second-order valence-corrected chi connectivity index (χ2v) is 4.48. The second-order valence-electron chi connectivity index (χ2n) is 4.48. The number of likely N-dealkylation sites (tertiary alicyclic amines) is 1. The standard InChI is InChI=1S/C12H14N4O4/c13-14-9-6-8(4-5-10(9)16(19)20)7-15-11(17)2-1-3-12(15)18/h4-6,14H,1-3,7,13H2. The Morgan fingerprint density at radius 3 is 2.50 bits per heavy atom. The van der Waals surface area contributed by atoms with E-state index in [4.69, 9.17) is 5.84 Å². The van der Waals surface area contributed by atoms with Crippen molar-refractivity contribution in [2.24, 2.45) is 5.84 Å². The molecule has 0 spiro atoms. The smallest absolute Gasteiger partial charge is 0.293 e. The normalized spacial score (nSPS) is 15.3. The van der Waals surface area contributed by atoms with Gasteiger partial charge in [-0.25, -0.2) is 0 Å². The number of nitrogens with two attached hydrogens (primary N) is 1. The largest absolute Gasteiger partial charge is 0.318 e. The Labute approximate surface area is 114 Å². The fourth-order valence-electron chi connectivity index (χ4n) is 2.12. The first-order valence-electron chi connectivity index (χ1n) is 6.10. The zero-order chi connectivity index (χ0) is 14.7. The number of benzene rings is 1. The number of nitro groups is 1. The lowest BCUT2D eigenvalue weighted by Crippen LogP contribution is -2.39. The number of nitrogen functional groups attached to an aromatic ring is 1. The predicted molar refractivity (Wildman–Crippen MR) is 70.3 cm³/mol. The molecule has 1 heterocycles. The van der Waals surface area contributed by atoms with Crippen LogP contribution in [0.2, 0.25) is 0 Å². The van der Waals surface area contributed by atoms with Crippen LogP contribution in [0.3, 0.4) is 0 Å². The molecule has 0 aliphatic carbocycles. The highest BCUT2D eigenvalue weighted by Gasteiger charge is 2.26. The number of imide groups is 1. The Morgan fingerprint density at radius 1 is 1.30 bits per heavy atom. The summed E-state index contributed by atoms with van der Waals surface area (Å²) in [5, 5.41) is 10.8. The molecule has 1 aliphatic heterocycles. The van der Waals surface area contributed by atoms with Gasteiger partial charge in [0.25, 0.3) is 5.69 Å². The summed E-state index contributed by atoms with van der Waals surface area (Å²) in [6.07, 6.45) is 1.27. The fraction of sp³-hybridized carbons (Fsp3) is 0.333. The third-order valence-electron chi connectivity index (χ3n) is 3.14. The number of hydrazine groups is 1. The van der Waals surface area contributed by atoms with Gasteiger partial charge in [-0.1, -0.05) is 6.07 Å². The minimum atomic E-state index is -0.559. The van der Waals surface area contributed by atoms with Gasteiger partial charge in [0.1, 0.15) is 5.69 Å². The number of piperidine rings is 1. The number of hydrogen-bond acceptors (Lipinski definition) is 6. The van der Waals surface area contributed by atoms with Crippen LogP contribution in [0.5, 0.6) is 0 Å². The maximum atomic E-state index is 11.7. The zero-order valence-corrected chi connectivity index (χ0v) is 10.7. The van der Waals surface area contributed by atoms with Crippen LogP contribution in [-0.4, -0.2) is 21.6 Å². The van der Waals surface area contributed by atoms with Crippen LogP contribution in [0.15, 0.2) is 18.2 Å².